The van der Waals surface area contributed by atoms with Crippen molar-refractivity contribution in [1.82, 2.24) is 19.7 Å². The topological polar surface area (TPSA) is 105 Å². The quantitative estimate of drug-likeness (QED) is 0.227. The second kappa shape index (κ2) is 9.38. The molecule has 12 heteroatoms. The molecule has 3 N–H and O–H groups in total. The number of aromatic nitrogens is 4. The minimum absolute atomic E-state index is 0.0192. The lowest BCUT2D eigenvalue weighted by Crippen LogP contribution is -2.13. The highest BCUT2D eigenvalue weighted by Gasteiger charge is 2.32. The maximum absolute atomic E-state index is 13.6. The van der Waals surface area contributed by atoms with Gasteiger partial charge in [-0.25, -0.2) is 4.98 Å². The molecule has 39 heavy (non-hydrogen) atoms. The lowest BCUT2D eigenvalue weighted by molar-refractivity contribution is -0.137. The van der Waals surface area contributed by atoms with E-state index >= 15 is 0 Å². The van der Waals surface area contributed by atoms with Crippen LogP contribution >= 0.6 is 11.3 Å². The van der Waals surface area contributed by atoms with Crippen molar-refractivity contribution in [3.63, 3.8) is 0 Å². The van der Waals surface area contributed by atoms with Gasteiger partial charge in [0.2, 0.25) is 5.91 Å². The number of rotatable bonds is 6. The molecule has 3 aromatic heterocycles. The molecule has 0 unspecified atom stereocenters. The summed E-state index contributed by atoms with van der Waals surface area (Å²) in [4.78, 5) is 30.3. The number of H-pyrrole nitrogens is 1. The summed E-state index contributed by atoms with van der Waals surface area (Å²) >= 11 is 1.21. The molecule has 198 valence electrons. The predicted octanol–water partition coefficient (Wildman–Crippen LogP) is 6.41. The molecule has 5 aromatic rings. The standard InChI is InChI=1S/C27H21F3N6O2S/c1-14-12-36(13-31-14)19-10-17(27(28,29)30)9-18(11-19)32-26(38)23-7-6-22(39-23)16-4-5-20-21(8-16)34-35-24(20)33-25(37)15-2-3-15/h4-13,15H,2-3H2,1H3,(H,32,38)(H2,33,34,35,37). The molecule has 0 radical (unpaired) electrons. The number of aromatic amines is 1. The highest BCUT2D eigenvalue weighted by molar-refractivity contribution is 7.17. The van der Waals surface area contributed by atoms with E-state index in [1.807, 2.05) is 18.2 Å². The maximum Gasteiger partial charge on any atom is 0.416 e. The molecular formula is C27H21F3N6O2S. The van der Waals surface area contributed by atoms with Gasteiger partial charge < -0.3 is 15.2 Å². The Bertz CT molecular complexity index is 1730. The van der Waals surface area contributed by atoms with Crippen molar-refractivity contribution in [3.05, 3.63) is 77.2 Å². The molecule has 6 rings (SSSR count). The third-order valence-corrected chi connectivity index (χ3v) is 7.51. The lowest BCUT2D eigenvalue weighted by atomic mass is 10.1. The molecule has 8 nitrogen and oxygen atoms in total. The number of anilines is 2. The molecule has 1 fully saturated rings. The van der Waals surface area contributed by atoms with Crippen LogP contribution in [0.15, 0.2) is 61.1 Å². The summed E-state index contributed by atoms with van der Waals surface area (Å²) in [6.45, 7) is 1.73. The number of aryl methyl sites for hydroxylation is 1. The number of fused-ring (bicyclic) bond motifs is 1. The van der Waals surface area contributed by atoms with Crippen molar-refractivity contribution >= 4 is 45.6 Å². The number of halogens is 3. The Morgan fingerprint density at radius 3 is 2.62 bits per heavy atom. The molecule has 0 saturated heterocycles. The number of imidazole rings is 1. The number of carbonyl (C=O) groups excluding carboxylic acids is 2. The van der Waals surface area contributed by atoms with Crippen LogP contribution in [-0.4, -0.2) is 31.6 Å². The summed E-state index contributed by atoms with van der Waals surface area (Å²) < 4.78 is 42.2. The van der Waals surface area contributed by atoms with Gasteiger partial charge in [0.15, 0.2) is 5.82 Å². The number of nitrogens with zero attached hydrogens (tertiary/aromatic N) is 3. The Morgan fingerprint density at radius 2 is 1.90 bits per heavy atom. The van der Waals surface area contributed by atoms with Gasteiger partial charge in [0.05, 0.1) is 28.0 Å². The largest absolute Gasteiger partial charge is 0.416 e. The van der Waals surface area contributed by atoms with Crippen molar-refractivity contribution in [2.75, 3.05) is 10.6 Å². The second-order valence-corrected chi connectivity index (χ2v) is 10.5. The zero-order chi connectivity index (χ0) is 27.3. The van der Waals surface area contributed by atoms with Crippen LogP contribution in [0.5, 0.6) is 0 Å². The zero-order valence-electron chi connectivity index (χ0n) is 20.5. The molecule has 1 aliphatic rings. The van der Waals surface area contributed by atoms with E-state index in [-0.39, 0.29) is 23.2 Å². The summed E-state index contributed by atoms with van der Waals surface area (Å²) in [6.07, 6.45) is 0.223. The van der Waals surface area contributed by atoms with Crippen LogP contribution < -0.4 is 10.6 Å². The highest BCUT2D eigenvalue weighted by atomic mass is 32.1. The van der Waals surface area contributed by atoms with Crippen LogP contribution in [0, 0.1) is 12.8 Å². The van der Waals surface area contributed by atoms with E-state index < -0.39 is 17.6 Å². The number of amides is 2. The van der Waals surface area contributed by atoms with Gasteiger partial charge in [0.1, 0.15) is 0 Å². The fraction of sp³-hybridized carbons (Fsp3) is 0.185. The monoisotopic (exact) mass is 550 g/mol. The van der Waals surface area contributed by atoms with Crippen LogP contribution in [0.3, 0.4) is 0 Å². The number of thiophene rings is 1. The number of carbonyl (C=O) groups is 2. The summed E-state index contributed by atoms with van der Waals surface area (Å²) in [5.41, 5.74) is 1.57. The molecule has 2 amide bonds. The smallest absolute Gasteiger partial charge is 0.321 e. The molecule has 2 aromatic carbocycles. The number of nitrogens with one attached hydrogen (secondary N) is 3. The van der Waals surface area contributed by atoms with Crippen LogP contribution in [-0.2, 0) is 11.0 Å². The number of alkyl halides is 3. The average molecular weight is 551 g/mol. The molecule has 0 bridgehead atoms. The fourth-order valence-corrected chi connectivity index (χ4v) is 5.10. The molecule has 1 aliphatic carbocycles. The first kappa shape index (κ1) is 24.9. The van der Waals surface area contributed by atoms with Crippen LogP contribution in [0.25, 0.3) is 27.0 Å². The zero-order valence-corrected chi connectivity index (χ0v) is 21.3. The number of hydrogen-bond acceptors (Lipinski definition) is 5. The van der Waals surface area contributed by atoms with E-state index in [1.165, 1.54) is 28.3 Å². The van der Waals surface area contributed by atoms with Gasteiger partial charge in [-0.3, -0.25) is 14.7 Å². The normalized spacial score (nSPS) is 13.5. The summed E-state index contributed by atoms with van der Waals surface area (Å²) in [7, 11) is 0. The van der Waals surface area contributed by atoms with Crippen LogP contribution in [0.4, 0.5) is 24.7 Å². The second-order valence-electron chi connectivity index (χ2n) is 9.40. The predicted molar refractivity (Wildman–Crippen MR) is 142 cm³/mol. The van der Waals surface area contributed by atoms with Gasteiger partial charge >= 0.3 is 6.18 Å². The third kappa shape index (κ3) is 5.15. The van der Waals surface area contributed by atoms with Gasteiger partial charge in [0, 0.05) is 33.8 Å². The summed E-state index contributed by atoms with van der Waals surface area (Å²) in [6, 6.07) is 12.4. The average Bonchev–Trinajstić information content (AvgIpc) is 3.28. The first-order valence-corrected chi connectivity index (χ1v) is 12.9. The van der Waals surface area contributed by atoms with E-state index in [0.29, 0.717) is 16.4 Å². The van der Waals surface area contributed by atoms with E-state index in [2.05, 4.69) is 25.8 Å². The first-order chi connectivity index (χ1) is 18.6. The number of benzene rings is 2. The first-order valence-electron chi connectivity index (χ1n) is 12.1. The van der Waals surface area contributed by atoms with E-state index in [1.54, 1.807) is 25.3 Å². The molecule has 0 spiro atoms. The fourth-order valence-electron chi connectivity index (χ4n) is 4.20. The lowest BCUT2D eigenvalue weighted by Gasteiger charge is -2.13. The molecular weight excluding hydrogens is 529 g/mol. The van der Waals surface area contributed by atoms with Gasteiger partial charge in [-0.05, 0) is 67.8 Å². The van der Waals surface area contributed by atoms with Crippen molar-refractivity contribution in [3.8, 4) is 16.1 Å². The van der Waals surface area contributed by atoms with Crippen molar-refractivity contribution in [1.29, 1.82) is 0 Å². The Morgan fingerprint density at radius 1 is 1.08 bits per heavy atom. The van der Waals surface area contributed by atoms with Gasteiger partial charge in [0.25, 0.3) is 5.91 Å². The van der Waals surface area contributed by atoms with E-state index in [4.69, 9.17) is 0 Å². The van der Waals surface area contributed by atoms with Gasteiger partial charge in [-0.2, -0.15) is 18.3 Å². The molecule has 0 aliphatic heterocycles. The maximum atomic E-state index is 13.6. The highest BCUT2D eigenvalue weighted by Crippen LogP contribution is 2.35. The Labute approximate surface area is 223 Å². The Hall–Kier alpha value is -4.45. The Balaban J connectivity index is 1.23. The van der Waals surface area contributed by atoms with Gasteiger partial charge in [-0.1, -0.05) is 6.07 Å². The van der Waals surface area contributed by atoms with Crippen molar-refractivity contribution in [2.24, 2.45) is 5.92 Å². The van der Waals surface area contributed by atoms with E-state index in [0.717, 1.165) is 46.3 Å². The van der Waals surface area contributed by atoms with Gasteiger partial charge in [-0.15, -0.1) is 11.3 Å². The molecule has 0 atom stereocenters. The molecule has 3 heterocycles. The minimum atomic E-state index is -4.59. The Kier molecular flexibility index (Phi) is 5.98. The minimum Gasteiger partial charge on any atom is -0.321 e. The summed E-state index contributed by atoms with van der Waals surface area (Å²) in [5.74, 6) is -0.0178. The van der Waals surface area contributed by atoms with Crippen LogP contribution in [0.2, 0.25) is 0 Å². The van der Waals surface area contributed by atoms with Crippen LogP contribution in [0.1, 0.15) is 33.8 Å². The van der Waals surface area contributed by atoms with Crippen molar-refractivity contribution in [2.45, 2.75) is 25.9 Å². The molecule has 1 saturated carbocycles. The van der Waals surface area contributed by atoms with E-state index in [9.17, 15) is 22.8 Å². The summed E-state index contributed by atoms with van der Waals surface area (Å²) in [5, 5.41) is 13.4. The number of hydrogen-bond donors (Lipinski definition) is 3. The SMILES string of the molecule is Cc1cn(-c2cc(NC(=O)c3ccc(-c4ccc5c(NC(=O)C6CC6)n[nH]c5c4)s3)cc(C(F)(F)F)c2)cn1. The third-order valence-electron chi connectivity index (χ3n) is 6.38. The van der Waals surface area contributed by atoms with Crippen molar-refractivity contribution < 1.29 is 22.8 Å².